The molecule has 0 fully saturated rings. The van der Waals surface area contributed by atoms with Crippen molar-refractivity contribution in [1.82, 2.24) is 0 Å². The zero-order valence-corrected chi connectivity index (χ0v) is 29.6. The van der Waals surface area contributed by atoms with Gasteiger partial charge in [-0.25, -0.2) is 0 Å². The molecule has 0 aliphatic rings. The molecule has 4 rings (SSSR count). The Hall–Kier alpha value is 0.460. The summed E-state index contributed by atoms with van der Waals surface area (Å²) in [6, 6.07) is 0. The first-order chi connectivity index (χ1) is 18.7. The largest absolute Gasteiger partial charge is 0.140 e. The van der Waals surface area contributed by atoms with Crippen LogP contribution in [0.5, 0.6) is 0 Å². The van der Waals surface area contributed by atoms with Crippen molar-refractivity contribution in [3.8, 4) is 0 Å². The molecule has 0 saturated carbocycles. The van der Waals surface area contributed by atoms with Crippen molar-refractivity contribution >= 4 is 123 Å². The Labute approximate surface area is 263 Å². The number of hydrogen-bond acceptors (Lipinski definition) is 8. The molecule has 0 N–H and O–H groups in total. The molecule has 38 heavy (non-hydrogen) atoms. The second-order valence-electron chi connectivity index (χ2n) is 9.25. The summed E-state index contributed by atoms with van der Waals surface area (Å²) in [7, 11) is 0. The van der Waals surface area contributed by atoms with Crippen LogP contribution in [0, 0.1) is 0 Å². The monoisotopic (exact) mass is 656 g/mol. The second-order valence-corrected chi connectivity index (χ2v) is 17.6. The summed E-state index contributed by atoms with van der Waals surface area (Å²) < 4.78 is 6.09. The smallest absolute Gasteiger partial charge is 0.0604 e. The van der Waals surface area contributed by atoms with E-state index in [0.29, 0.717) is 0 Å². The first-order valence-corrected chi connectivity index (χ1v) is 21.3. The molecule has 0 aliphatic carbocycles. The molecule has 0 aromatic carbocycles. The Kier molecular flexibility index (Phi) is 13.9. The number of fused-ring (bicyclic) bond motifs is 2. The molecule has 208 valence electrons. The third-order valence-corrected chi connectivity index (χ3v) is 16.5. The molecule has 0 bridgehead atoms. The molecular weight excluding hydrogens is 617 g/mol. The van der Waals surface area contributed by atoms with Gasteiger partial charge in [-0.3, -0.25) is 0 Å². The Morgan fingerprint density at radius 1 is 0.526 bits per heavy atom. The first kappa shape index (κ1) is 31.4. The Balaban J connectivity index is 1.66. The molecule has 0 amide bonds. The Bertz CT molecular complexity index is 1190. The van der Waals surface area contributed by atoms with E-state index in [1.54, 1.807) is 0 Å². The van der Waals surface area contributed by atoms with Gasteiger partial charge < -0.3 is 0 Å². The lowest BCUT2D eigenvalue weighted by atomic mass is 10.3. The third-order valence-electron chi connectivity index (χ3n) is 6.10. The van der Waals surface area contributed by atoms with Crippen LogP contribution in [0.25, 0.3) is 31.0 Å². The number of thioether (sulfide) groups is 4. The standard InChI is InChI=1S/C30H40S8/c1-5-9-15-31-23-19-35-29-25(33-17-11-7-3)21(37-27(23)29)13-14-22-26(34-18-12-8-4)30-28(38-22)24(20-36-30)32-16-10-6-2/h13-14,19-20H,5-12,15-18H2,1-4H3/b14-13+. The minimum absolute atomic E-state index is 1.21. The Morgan fingerprint density at radius 3 is 1.26 bits per heavy atom. The van der Waals surface area contributed by atoms with E-state index in [1.165, 1.54) is 123 Å². The van der Waals surface area contributed by atoms with Gasteiger partial charge in [0, 0.05) is 40.1 Å². The average Bonchev–Trinajstić information content (AvgIpc) is 3.66. The third kappa shape index (κ3) is 8.05. The maximum absolute atomic E-state index is 2.45. The van der Waals surface area contributed by atoms with Crippen LogP contribution >= 0.6 is 92.4 Å². The zero-order chi connectivity index (χ0) is 26.7. The van der Waals surface area contributed by atoms with Crippen molar-refractivity contribution in [2.45, 2.75) is 98.6 Å². The van der Waals surface area contributed by atoms with Gasteiger partial charge in [-0.15, -0.1) is 92.4 Å². The van der Waals surface area contributed by atoms with Crippen molar-refractivity contribution in [2.24, 2.45) is 0 Å². The van der Waals surface area contributed by atoms with Crippen LogP contribution in [-0.2, 0) is 0 Å². The van der Waals surface area contributed by atoms with Crippen LogP contribution in [-0.4, -0.2) is 23.0 Å². The van der Waals surface area contributed by atoms with E-state index in [0.717, 1.165) is 0 Å². The summed E-state index contributed by atoms with van der Waals surface area (Å²) in [6.07, 6.45) is 15.1. The summed E-state index contributed by atoms with van der Waals surface area (Å²) in [5.74, 6) is 4.88. The molecule has 8 heteroatoms. The fourth-order valence-electron chi connectivity index (χ4n) is 3.84. The highest BCUT2D eigenvalue weighted by molar-refractivity contribution is 8.01. The lowest BCUT2D eigenvalue weighted by Crippen LogP contribution is -1.79. The highest BCUT2D eigenvalue weighted by atomic mass is 32.2. The van der Waals surface area contributed by atoms with Crippen LogP contribution in [0.2, 0.25) is 0 Å². The van der Waals surface area contributed by atoms with Gasteiger partial charge in [0.2, 0.25) is 0 Å². The van der Waals surface area contributed by atoms with Crippen molar-refractivity contribution in [1.29, 1.82) is 0 Å². The summed E-state index contributed by atoms with van der Waals surface area (Å²) in [5, 5.41) is 4.82. The van der Waals surface area contributed by atoms with Crippen LogP contribution < -0.4 is 0 Å². The van der Waals surface area contributed by atoms with Gasteiger partial charge in [-0.2, -0.15) is 0 Å². The van der Waals surface area contributed by atoms with Crippen molar-refractivity contribution in [3.05, 3.63) is 20.5 Å². The molecular formula is C30H40S8. The molecule has 0 nitrogen and oxygen atoms in total. The highest BCUT2D eigenvalue weighted by Gasteiger charge is 2.19. The lowest BCUT2D eigenvalue weighted by molar-refractivity contribution is 0.896. The summed E-state index contributed by atoms with van der Waals surface area (Å²) >= 11 is 16.3. The van der Waals surface area contributed by atoms with E-state index >= 15 is 0 Å². The lowest BCUT2D eigenvalue weighted by Gasteiger charge is -2.02. The number of hydrogen-bond donors (Lipinski definition) is 0. The Morgan fingerprint density at radius 2 is 0.895 bits per heavy atom. The molecule has 0 aliphatic heterocycles. The van der Waals surface area contributed by atoms with Gasteiger partial charge in [0.25, 0.3) is 0 Å². The molecule has 4 aromatic rings. The fraction of sp³-hybridized carbons (Fsp3) is 0.533. The molecule has 0 saturated heterocycles. The summed E-state index contributed by atoms with van der Waals surface area (Å²) in [4.78, 5) is 8.98. The second kappa shape index (κ2) is 16.8. The number of thiophene rings is 4. The number of rotatable bonds is 18. The number of unbranched alkanes of at least 4 members (excludes halogenated alkanes) is 4. The minimum Gasteiger partial charge on any atom is -0.140 e. The van der Waals surface area contributed by atoms with Gasteiger partial charge in [-0.1, -0.05) is 53.4 Å². The molecule has 4 heterocycles. The minimum atomic E-state index is 1.21. The van der Waals surface area contributed by atoms with Crippen LogP contribution in [0.4, 0.5) is 0 Å². The van der Waals surface area contributed by atoms with E-state index in [9.17, 15) is 0 Å². The van der Waals surface area contributed by atoms with Gasteiger partial charge in [0.1, 0.15) is 0 Å². The van der Waals surface area contributed by atoms with Gasteiger partial charge in [-0.05, 0) is 60.8 Å². The van der Waals surface area contributed by atoms with Crippen LogP contribution in [0.3, 0.4) is 0 Å². The molecule has 0 unspecified atom stereocenters. The van der Waals surface area contributed by atoms with Gasteiger partial charge in [0.05, 0.1) is 18.8 Å². The SMILES string of the molecule is CCCCSc1csc2c(SCCCC)c(/C=C/c3sc4c(SCCCC)csc4c3SCCCC)sc12. The molecule has 0 radical (unpaired) electrons. The average molecular weight is 657 g/mol. The topological polar surface area (TPSA) is 0 Å². The van der Waals surface area contributed by atoms with Crippen LogP contribution in [0.15, 0.2) is 30.3 Å². The van der Waals surface area contributed by atoms with E-state index < -0.39 is 0 Å². The van der Waals surface area contributed by atoms with E-state index in [-0.39, 0.29) is 0 Å². The molecule has 0 atom stereocenters. The first-order valence-electron chi connectivity index (χ1n) is 14.0. The predicted molar refractivity (Wildman–Crippen MR) is 191 cm³/mol. The van der Waals surface area contributed by atoms with Crippen molar-refractivity contribution in [2.75, 3.05) is 23.0 Å². The van der Waals surface area contributed by atoms with Gasteiger partial charge >= 0.3 is 0 Å². The quantitative estimate of drug-likeness (QED) is 0.0771. The maximum Gasteiger partial charge on any atom is 0.0604 e. The van der Waals surface area contributed by atoms with Gasteiger partial charge in [0.15, 0.2) is 0 Å². The fourth-order valence-corrected chi connectivity index (χ4v) is 14.9. The van der Waals surface area contributed by atoms with Crippen LogP contribution in [0.1, 0.15) is 88.8 Å². The zero-order valence-electron chi connectivity index (χ0n) is 23.1. The highest BCUT2D eigenvalue weighted by Crippen LogP contribution is 2.49. The van der Waals surface area contributed by atoms with Crippen molar-refractivity contribution in [3.63, 3.8) is 0 Å². The molecule has 0 spiro atoms. The normalized spacial score (nSPS) is 12.2. The van der Waals surface area contributed by atoms with E-state index in [2.05, 4.69) is 97.7 Å². The summed E-state index contributed by atoms with van der Waals surface area (Å²) in [5.41, 5.74) is 0. The maximum atomic E-state index is 2.45. The van der Waals surface area contributed by atoms with Crippen molar-refractivity contribution < 1.29 is 0 Å². The van der Waals surface area contributed by atoms with E-state index in [1.807, 2.05) is 45.3 Å². The summed E-state index contributed by atoms with van der Waals surface area (Å²) in [6.45, 7) is 9.17. The van der Waals surface area contributed by atoms with E-state index in [4.69, 9.17) is 0 Å². The predicted octanol–water partition coefficient (Wildman–Crippen LogP) is 14.0. The molecule has 4 aromatic heterocycles.